The third-order valence-corrected chi connectivity index (χ3v) is 2.57. The van der Waals surface area contributed by atoms with Gasteiger partial charge in [0.2, 0.25) is 5.91 Å². The van der Waals surface area contributed by atoms with Gasteiger partial charge >= 0.3 is 0 Å². The summed E-state index contributed by atoms with van der Waals surface area (Å²) in [7, 11) is 1.61. The topological polar surface area (TPSA) is 59.6 Å². The molecule has 0 aliphatic carbocycles. The number of nitrogens with one attached hydrogen (secondary N) is 2. The molecule has 1 fully saturated rings. The Morgan fingerprint density at radius 3 is 2.65 bits per heavy atom. The van der Waals surface area contributed by atoms with Crippen molar-refractivity contribution in [2.75, 3.05) is 32.1 Å². The Morgan fingerprint density at radius 1 is 1.41 bits per heavy atom. The van der Waals surface area contributed by atoms with E-state index >= 15 is 0 Å². The van der Waals surface area contributed by atoms with Gasteiger partial charge in [-0.15, -0.1) is 0 Å². The summed E-state index contributed by atoms with van der Waals surface area (Å²) in [5, 5.41) is 5.83. The maximum atomic E-state index is 11.5. The van der Waals surface area contributed by atoms with E-state index < -0.39 is 0 Å². The fourth-order valence-electron chi connectivity index (χ4n) is 1.45. The number of hydrogen-bond acceptors (Lipinski definition) is 4. The van der Waals surface area contributed by atoms with Gasteiger partial charge in [0.1, 0.15) is 12.4 Å². The Labute approximate surface area is 100 Å². The molecule has 5 nitrogen and oxygen atoms in total. The maximum Gasteiger partial charge on any atom is 0.250 e. The van der Waals surface area contributed by atoms with Crippen molar-refractivity contribution in [2.45, 2.75) is 6.10 Å². The highest BCUT2D eigenvalue weighted by atomic mass is 16.5. The van der Waals surface area contributed by atoms with Crippen LogP contribution in [0.3, 0.4) is 0 Å². The second-order valence-corrected chi connectivity index (χ2v) is 3.87. The SMILES string of the molecule is COc1ccc(NC(=O)COC2CNC2)cc1. The Kier molecular flexibility index (Phi) is 3.95. The molecule has 92 valence electrons. The summed E-state index contributed by atoms with van der Waals surface area (Å²) < 4.78 is 10.4. The lowest BCUT2D eigenvalue weighted by Gasteiger charge is -2.26. The highest BCUT2D eigenvalue weighted by molar-refractivity contribution is 5.91. The first-order valence-corrected chi connectivity index (χ1v) is 5.54. The van der Waals surface area contributed by atoms with Gasteiger partial charge in [0, 0.05) is 18.8 Å². The van der Waals surface area contributed by atoms with Gasteiger partial charge < -0.3 is 20.1 Å². The summed E-state index contributed by atoms with van der Waals surface area (Å²) in [6.45, 7) is 1.75. The summed E-state index contributed by atoms with van der Waals surface area (Å²) in [5.74, 6) is 0.627. The molecule has 1 amide bonds. The first-order valence-electron chi connectivity index (χ1n) is 5.54. The molecule has 0 bridgehead atoms. The molecule has 1 aromatic carbocycles. The second-order valence-electron chi connectivity index (χ2n) is 3.87. The molecule has 0 atom stereocenters. The highest BCUT2D eigenvalue weighted by Crippen LogP contribution is 2.14. The largest absolute Gasteiger partial charge is 0.497 e. The number of ether oxygens (including phenoxy) is 2. The molecule has 5 heteroatoms. The van der Waals surface area contributed by atoms with Gasteiger partial charge in [0.05, 0.1) is 13.2 Å². The van der Waals surface area contributed by atoms with E-state index in [1.807, 2.05) is 0 Å². The van der Waals surface area contributed by atoms with E-state index in [0.717, 1.165) is 24.5 Å². The number of benzene rings is 1. The summed E-state index contributed by atoms with van der Waals surface area (Å²) in [5.41, 5.74) is 0.742. The van der Waals surface area contributed by atoms with Crippen LogP contribution >= 0.6 is 0 Å². The Hall–Kier alpha value is -1.59. The zero-order valence-electron chi connectivity index (χ0n) is 9.73. The van der Waals surface area contributed by atoms with E-state index in [0.29, 0.717) is 0 Å². The molecule has 0 unspecified atom stereocenters. The van der Waals surface area contributed by atoms with Crippen LogP contribution in [0.4, 0.5) is 5.69 Å². The van der Waals surface area contributed by atoms with Gasteiger partial charge in [-0.3, -0.25) is 4.79 Å². The highest BCUT2D eigenvalue weighted by Gasteiger charge is 2.18. The van der Waals surface area contributed by atoms with Crippen molar-refractivity contribution in [3.8, 4) is 5.75 Å². The molecule has 2 rings (SSSR count). The molecule has 17 heavy (non-hydrogen) atoms. The number of methoxy groups -OCH3 is 1. The Morgan fingerprint density at radius 2 is 2.12 bits per heavy atom. The zero-order chi connectivity index (χ0) is 12.1. The van der Waals surface area contributed by atoms with Gasteiger partial charge in [-0.2, -0.15) is 0 Å². The van der Waals surface area contributed by atoms with Crippen LogP contribution in [0.25, 0.3) is 0 Å². The fourth-order valence-corrected chi connectivity index (χ4v) is 1.45. The molecule has 0 radical (unpaired) electrons. The molecule has 1 heterocycles. The molecule has 1 aliphatic heterocycles. The fraction of sp³-hybridized carbons (Fsp3) is 0.417. The summed E-state index contributed by atoms with van der Waals surface area (Å²) in [4.78, 5) is 11.5. The zero-order valence-corrected chi connectivity index (χ0v) is 9.73. The van der Waals surface area contributed by atoms with Gasteiger partial charge in [-0.25, -0.2) is 0 Å². The number of hydrogen-bond donors (Lipinski definition) is 2. The third kappa shape index (κ3) is 3.44. The van der Waals surface area contributed by atoms with Crippen LogP contribution in [-0.2, 0) is 9.53 Å². The number of anilines is 1. The second kappa shape index (κ2) is 5.65. The van der Waals surface area contributed by atoms with E-state index in [1.54, 1.807) is 31.4 Å². The van der Waals surface area contributed by atoms with Crippen molar-refractivity contribution in [2.24, 2.45) is 0 Å². The van der Waals surface area contributed by atoms with Crippen LogP contribution in [0.2, 0.25) is 0 Å². The molecule has 2 N–H and O–H groups in total. The van der Waals surface area contributed by atoms with Crippen molar-refractivity contribution in [3.05, 3.63) is 24.3 Å². The van der Waals surface area contributed by atoms with Crippen molar-refractivity contribution in [3.63, 3.8) is 0 Å². The monoisotopic (exact) mass is 236 g/mol. The predicted molar refractivity (Wildman–Crippen MR) is 64.2 cm³/mol. The van der Waals surface area contributed by atoms with Crippen molar-refractivity contribution in [1.82, 2.24) is 5.32 Å². The Balaban J connectivity index is 1.76. The lowest BCUT2D eigenvalue weighted by molar-refractivity contribution is -0.123. The van der Waals surface area contributed by atoms with E-state index in [2.05, 4.69) is 10.6 Å². The maximum absolute atomic E-state index is 11.5. The standard InChI is InChI=1S/C12H16N2O3/c1-16-10-4-2-9(3-5-10)14-12(15)8-17-11-6-13-7-11/h2-5,11,13H,6-8H2,1H3,(H,14,15). The normalized spacial score (nSPS) is 15.1. The summed E-state index contributed by atoms with van der Waals surface area (Å²) >= 11 is 0. The van der Waals surface area contributed by atoms with E-state index in [4.69, 9.17) is 9.47 Å². The van der Waals surface area contributed by atoms with Crippen LogP contribution in [0.5, 0.6) is 5.75 Å². The van der Waals surface area contributed by atoms with E-state index in [9.17, 15) is 4.79 Å². The average molecular weight is 236 g/mol. The van der Waals surface area contributed by atoms with Crippen LogP contribution < -0.4 is 15.4 Å². The van der Waals surface area contributed by atoms with Gasteiger partial charge in [-0.05, 0) is 24.3 Å². The van der Waals surface area contributed by atoms with Crippen LogP contribution in [-0.4, -0.2) is 38.8 Å². The molecule has 0 saturated carbocycles. The van der Waals surface area contributed by atoms with Crippen LogP contribution in [0.15, 0.2) is 24.3 Å². The molecular formula is C12H16N2O3. The molecular weight excluding hydrogens is 220 g/mol. The third-order valence-electron chi connectivity index (χ3n) is 2.57. The van der Waals surface area contributed by atoms with Gasteiger partial charge in [-0.1, -0.05) is 0 Å². The lowest BCUT2D eigenvalue weighted by atomic mass is 10.2. The first-order chi connectivity index (χ1) is 8.28. The Bertz CT molecular complexity index is 374. The van der Waals surface area contributed by atoms with Gasteiger partial charge in [0.15, 0.2) is 0 Å². The van der Waals surface area contributed by atoms with Crippen molar-refractivity contribution >= 4 is 11.6 Å². The smallest absolute Gasteiger partial charge is 0.250 e. The molecule has 1 saturated heterocycles. The predicted octanol–water partition coefficient (Wildman–Crippen LogP) is 0.622. The van der Waals surface area contributed by atoms with Crippen molar-refractivity contribution < 1.29 is 14.3 Å². The summed E-state index contributed by atoms with van der Waals surface area (Å²) in [6, 6.07) is 7.18. The molecule has 1 aliphatic rings. The minimum Gasteiger partial charge on any atom is -0.497 e. The quantitative estimate of drug-likeness (QED) is 0.787. The van der Waals surface area contributed by atoms with Crippen LogP contribution in [0.1, 0.15) is 0 Å². The molecule has 0 spiro atoms. The minimum atomic E-state index is -0.137. The van der Waals surface area contributed by atoms with Crippen molar-refractivity contribution in [1.29, 1.82) is 0 Å². The molecule has 1 aromatic rings. The number of amides is 1. The minimum absolute atomic E-state index is 0.0956. The lowest BCUT2D eigenvalue weighted by Crippen LogP contribution is -2.49. The number of carbonyl (C=O) groups excluding carboxylic acids is 1. The molecule has 0 aromatic heterocycles. The first kappa shape index (κ1) is 11.9. The van der Waals surface area contributed by atoms with E-state index in [1.165, 1.54) is 0 Å². The van der Waals surface area contributed by atoms with Crippen LogP contribution in [0, 0.1) is 0 Å². The number of carbonyl (C=O) groups is 1. The summed E-state index contributed by atoms with van der Waals surface area (Å²) in [6.07, 6.45) is 0.177. The number of rotatable bonds is 5. The van der Waals surface area contributed by atoms with E-state index in [-0.39, 0.29) is 18.6 Å². The average Bonchev–Trinajstić information content (AvgIpc) is 2.28. The van der Waals surface area contributed by atoms with Gasteiger partial charge in [0.25, 0.3) is 0 Å².